The molecular weight excluding hydrogens is 384 g/mol. The fourth-order valence-electron chi connectivity index (χ4n) is 3.69. The number of carbonyl (C=O) groups is 2. The van der Waals surface area contributed by atoms with Crippen LogP contribution in [-0.4, -0.2) is 34.9 Å². The van der Waals surface area contributed by atoms with Crippen LogP contribution in [0.2, 0.25) is 0 Å². The molecule has 0 aliphatic carbocycles. The Hall–Kier alpha value is -2.34. The normalized spacial score (nSPS) is 22.0. The predicted octanol–water partition coefficient (Wildman–Crippen LogP) is 4.66. The lowest BCUT2D eigenvalue weighted by molar-refractivity contribution is -0.156. The largest absolute Gasteiger partial charge is 0.472 e. The summed E-state index contributed by atoms with van der Waals surface area (Å²) in [6, 6.07) is 1.96. The average Bonchev–Trinajstić information content (AvgIpc) is 3.29. The molecule has 1 aromatic heterocycles. The SMILES string of the molecule is CC(=O)O[C@H](C=C(C)CC[C@@H](O)[C@]1(C)CCC(=O)O1)CC(C)=CCCc1ccoc1. The number of hydrogen-bond acceptors (Lipinski definition) is 6. The smallest absolute Gasteiger partial charge is 0.306 e. The highest BCUT2D eigenvalue weighted by Gasteiger charge is 2.41. The Morgan fingerprint density at radius 1 is 1.33 bits per heavy atom. The summed E-state index contributed by atoms with van der Waals surface area (Å²) in [6.45, 7) is 7.19. The zero-order valence-electron chi connectivity index (χ0n) is 18.5. The molecule has 2 rings (SSSR count). The topological polar surface area (TPSA) is 86.0 Å². The summed E-state index contributed by atoms with van der Waals surface area (Å²) in [5.41, 5.74) is 2.53. The van der Waals surface area contributed by atoms with E-state index in [4.69, 9.17) is 13.9 Å². The summed E-state index contributed by atoms with van der Waals surface area (Å²) < 4.78 is 15.9. The van der Waals surface area contributed by atoms with Gasteiger partial charge >= 0.3 is 11.9 Å². The standard InChI is InChI=1S/C24H34O6/c1-17(6-5-7-20-11-13-28-16-20)14-21(29-19(3)25)15-18(2)8-9-22(26)24(4)12-10-23(27)30-24/h6,11,13,15-16,21-22,26H,5,7-10,12,14H2,1-4H3/t21-,22+,24-/m0/s1. The van der Waals surface area contributed by atoms with Gasteiger partial charge in [-0.25, -0.2) is 0 Å². The molecule has 1 aliphatic heterocycles. The summed E-state index contributed by atoms with van der Waals surface area (Å²) in [4.78, 5) is 22.9. The van der Waals surface area contributed by atoms with Crippen LogP contribution < -0.4 is 0 Å². The van der Waals surface area contributed by atoms with Crippen LogP contribution in [0.5, 0.6) is 0 Å². The number of furan rings is 1. The van der Waals surface area contributed by atoms with E-state index in [0.717, 1.165) is 29.6 Å². The zero-order valence-corrected chi connectivity index (χ0v) is 18.5. The molecule has 1 N–H and O–H groups in total. The molecule has 6 nitrogen and oxygen atoms in total. The predicted molar refractivity (Wildman–Crippen MR) is 114 cm³/mol. The molecule has 30 heavy (non-hydrogen) atoms. The highest BCUT2D eigenvalue weighted by Crippen LogP contribution is 2.32. The first-order valence-corrected chi connectivity index (χ1v) is 10.6. The van der Waals surface area contributed by atoms with Gasteiger partial charge in [-0.2, -0.15) is 0 Å². The Bertz CT molecular complexity index is 761. The Morgan fingerprint density at radius 3 is 2.70 bits per heavy atom. The lowest BCUT2D eigenvalue weighted by Crippen LogP contribution is -2.39. The molecule has 0 radical (unpaired) electrons. The van der Waals surface area contributed by atoms with Gasteiger partial charge in [-0.1, -0.05) is 17.2 Å². The van der Waals surface area contributed by atoms with Crippen LogP contribution in [-0.2, 0) is 25.5 Å². The maximum atomic E-state index is 11.5. The van der Waals surface area contributed by atoms with Gasteiger partial charge in [0, 0.05) is 19.8 Å². The van der Waals surface area contributed by atoms with Gasteiger partial charge in [0.25, 0.3) is 0 Å². The first kappa shape index (κ1) is 23.9. The van der Waals surface area contributed by atoms with Crippen molar-refractivity contribution in [2.24, 2.45) is 0 Å². The van der Waals surface area contributed by atoms with Crippen molar-refractivity contribution in [1.82, 2.24) is 0 Å². The van der Waals surface area contributed by atoms with Gasteiger partial charge in [0.2, 0.25) is 0 Å². The molecule has 166 valence electrons. The van der Waals surface area contributed by atoms with Gasteiger partial charge in [0.05, 0.1) is 18.6 Å². The van der Waals surface area contributed by atoms with Crippen molar-refractivity contribution in [3.8, 4) is 0 Å². The molecule has 2 heterocycles. The Morgan fingerprint density at radius 2 is 2.10 bits per heavy atom. The van der Waals surface area contributed by atoms with Crippen molar-refractivity contribution in [2.75, 3.05) is 0 Å². The second-order valence-electron chi connectivity index (χ2n) is 8.43. The van der Waals surface area contributed by atoms with Crippen LogP contribution in [0.1, 0.15) is 71.8 Å². The monoisotopic (exact) mass is 418 g/mol. The highest BCUT2D eigenvalue weighted by molar-refractivity contribution is 5.72. The minimum Gasteiger partial charge on any atom is -0.472 e. The number of esters is 2. The fraction of sp³-hybridized carbons (Fsp3) is 0.583. The number of rotatable bonds is 11. The molecule has 0 unspecified atom stereocenters. The minimum atomic E-state index is -0.805. The van der Waals surface area contributed by atoms with E-state index in [1.54, 1.807) is 19.5 Å². The van der Waals surface area contributed by atoms with Gasteiger partial charge in [-0.3, -0.25) is 9.59 Å². The summed E-state index contributed by atoms with van der Waals surface area (Å²) in [6.07, 6.45) is 10.9. The van der Waals surface area contributed by atoms with Crippen LogP contribution >= 0.6 is 0 Å². The maximum Gasteiger partial charge on any atom is 0.306 e. The molecule has 3 atom stereocenters. The third-order valence-corrected chi connectivity index (χ3v) is 5.51. The van der Waals surface area contributed by atoms with Crippen molar-refractivity contribution in [1.29, 1.82) is 0 Å². The number of allylic oxidation sites excluding steroid dienone is 2. The number of aliphatic hydroxyl groups excluding tert-OH is 1. The van der Waals surface area contributed by atoms with Gasteiger partial charge in [-0.05, 0) is 70.6 Å². The van der Waals surface area contributed by atoms with Crippen LogP contribution in [0.15, 0.2) is 46.3 Å². The van der Waals surface area contributed by atoms with Gasteiger partial charge in [0.15, 0.2) is 0 Å². The summed E-state index contributed by atoms with van der Waals surface area (Å²) in [5.74, 6) is -0.575. The second-order valence-corrected chi connectivity index (χ2v) is 8.43. The van der Waals surface area contributed by atoms with E-state index in [1.807, 2.05) is 26.0 Å². The lowest BCUT2D eigenvalue weighted by Gasteiger charge is -2.28. The van der Waals surface area contributed by atoms with E-state index in [9.17, 15) is 14.7 Å². The van der Waals surface area contributed by atoms with Crippen molar-refractivity contribution in [3.05, 3.63) is 47.5 Å². The Balaban J connectivity index is 1.88. The number of cyclic esters (lactones) is 1. The minimum absolute atomic E-state index is 0.256. The fourth-order valence-corrected chi connectivity index (χ4v) is 3.69. The average molecular weight is 419 g/mol. The molecule has 1 fully saturated rings. The third kappa shape index (κ3) is 7.82. The van der Waals surface area contributed by atoms with E-state index in [1.165, 1.54) is 6.92 Å². The summed E-state index contributed by atoms with van der Waals surface area (Å²) in [5, 5.41) is 10.5. The molecular formula is C24H34O6. The molecule has 0 spiro atoms. The quantitative estimate of drug-likeness (QED) is 0.415. The molecule has 0 saturated carbocycles. The van der Waals surface area contributed by atoms with Crippen LogP contribution in [0.25, 0.3) is 0 Å². The first-order valence-electron chi connectivity index (χ1n) is 10.6. The van der Waals surface area contributed by atoms with Crippen molar-refractivity contribution in [3.63, 3.8) is 0 Å². The van der Waals surface area contributed by atoms with Crippen molar-refractivity contribution >= 4 is 11.9 Å². The molecule has 0 amide bonds. The summed E-state index contributed by atoms with van der Waals surface area (Å²) in [7, 11) is 0. The maximum absolute atomic E-state index is 11.5. The van der Waals surface area contributed by atoms with E-state index in [0.29, 0.717) is 32.1 Å². The van der Waals surface area contributed by atoms with Crippen LogP contribution in [0, 0.1) is 0 Å². The third-order valence-electron chi connectivity index (χ3n) is 5.51. The van der Waals surface area contributed by atoms with E-state index < -0.39 is 11.7 Å². The zero-order chi connectivity index (χ0) is 22.1. The molecule has 1 aliphatic rings. The van der Waals surface area contributed by atoms with E-state index in [2.05, 4.69) is 6.08 Å². The number of aryl methyl sites for hydroxylation is 1. The number of ether oxygens (including phenoxy) is 2. The number of aliphatic hydroxyl groups is 1. The molecule has 0 bridgehead atoms. The first-order chi connectivity index (χ1) is 14.2. The summed E-state index contributed by atoms with van der Waals surface area (Å²) >= 11 is 0. The molecule has 0 aromatic carbocycles. The van der Waals surface area contributed by atoms with Crippen LogP contribution in [0.3, 0.4) is 0 Å². The Labute approximate surface area is 178 Å². The van der Waals surface area contributed by atoms with Gasteiger partial charge in [-0.15, -0.1) is 0 Å². The molecule has 1 aromatic rings. The molecule has 6 heteroatoms. The Kier molecular flexibility index (Phi) is 8.90. The highest BCUT2D eigenvalue weighted by atomic mass is 16.6. The second kappa shape index (κ2) is 11.2. The lowest BCUT2D eigenvalue weighted by atomic mass is 9.91. The van der Waals surface area contributed by atoms with Crippen molar-refractivity contribution < 1.29 is 28.6 Å². The van der Waals surface area contributed by atoms with Gasteiger partial charge < -0.3 is 19.0 Å². The van der Waals surface area contributed by atoms with E-state index >= 15 is 0 Å². The van der Waals surface area contributed by atoms with Gasteiger partial charge in [0.1, 0.15) is 11.7 Å². The van der Waals surface area contributed by atoms with Crippen molar-refractivity contribution in [2.45, 2.75) is 90.4 Å². The van der Waals surface area contributed by atoms with Crippen LogP contribution in [0.4, 0.5) is 0 Å². The van der Waals surface area contributed by atoms with E-state index in [-0.39, 0.29) is 18.0 Å². The molecule has 1 saturated heterocycles. The number of hydrogen-bond donors (Lipinski definition) is 1. The number of carbonyl (C=O) groups excluding carboxylic acids is 2.